The van der Waals surface area contributed by atoms with Gasteiger partial charge in [0.1, 0.15) is 0 Å². The van der Waals surface area contributed by atoms with Gasteiger partial charge in [-0.3, -0.25) is 4.90 Å². The molecule has 0 radical (unpaired) electrons. The van der Waals surface area contributed by atoms with Crippen molar-refractivity contribution in [2.75, 3.05) is 13.6 Å². The predicted octanol–water partition coefficient (Wildman–Crippen LogP) is 3.71. The summed E-state index contributed by atoms with van der Waals surface area (Å²) < 4.78 is 1.22. The molecule has 1 saturated carbocycles. The van der Waals surface area contributed by atoms with E-state index in [4.69, 9.17) is 5.73 Å². The van der Waals surface area contributed by atoms with Crippen molar-refractivity contribution >= 4 is 15.9 Å². The average Bonchev–Trinajstić information content (AvgIpc) is 2.41. The molecule has 3 heteroatoms. The Morgan fingerprint density at radius 2 is 2.05 bits per heavy atom. The van der Waals surface area contributed by atoms with Gasteiger partial charge >= 0.3 is 0 Å². The van der Waals surface area contributed by atoms with Crippen LogP contribution in [0.2, 0.25) is 0 Å². The number of hydrogen-bond donors (Lipinski definition) is 1. The highest BCUT2D eigenvalue weighted by Crippen LogP contribution is 2.29. The number of aryl methyl sites for hydroxylation is 1. The monoisotopic (exact) mass is 324 g/mol. The lowest BCUT2D eigenvalue weighted by Gasteiger charge is -2.37. The Morgan fingerprint density at radius 3 is 2.74 bits per heavy atom. The van der Waals surface area contributed by atoms with Crippen molar-refractivity contribution in [1.29, 1.82) is 0 Å². The summed E-state index contributed by atoms with van der Waals surface area (Å²) in [5.41, 5.74) is 8.61. The first-order valence-corrected chi connectivity index (χ1v) is 8.06. The SMILES string of the molecule is Cc1ccc(CN(C)C2CCCCC2CN)c(Br)c1. The molecule has 1 aliphatic rings. The van der Waals surface area contributed by atoms with Crippen LogP contribution in [0.1, 0.15) is 36.8 Å². The van der Waals surface area contributed by atoms with Crippen LogP contribution in [-0.4, -0.2) is 24.5 Å². The third-order valence-corrected chi connectivity index (χ3v) is 5.10. The molecule has 2 N–H and O–H groups in total. The molecular weight excluding hydrogens is 300 g/mol. The van der Waals surface area contributed by atoms with Gasteiger partial charge in [0.15, 0.2) is 0 Å². The first-order chi connectivity index (χ1) is 9.11. The summed E-state index contributed by atoms with van der Waals surface area (Å²) in [6.07, 6.45) is 5.28. The Balaban J connectivity index is 2.04. The summed E-state index contributed by atoms with van der Waals surface area (Å²) in [6.45, 7) is 3.95. The molecule has 1 aromatic carbocycles. The Labute approximate surface area is 125 Å². The largest absolute Gasteiger partial charge is 0.330 e. The maximum absolute atomic E-state index is 5.94. The normalized spacial score (nSPS) is 23.8. The van der Waals surface area contributed by atoms with Crippen LogP contribution >= 0.6 is 15.9 Å². The molecule has 2 unspecified atom stereocenters. The molecule has 19 heavy (non-hydrogen) atoms. The molecule has 0 aliphatic heterocycles. The van der Waals surface area contributed by atoms with E-state index in [-0.39, 0.29) is 0 Å². The third-order valence-electron chi connectivity index (χ3n) is 4.37. The quantitative estimate of drug-likeness (QED) is 0.914. The molecular formula is C16H25BrN2. The topological polar surface area (TPSA) is 29.3 Å². The molecule has 0 spiro atoms. The number of rotatable bonds is 4. The second-order valence-corrected chi connectivity index (χ2v) is 6.71. The van der Waals surface area contributed by atoms with Crippen LogP contribution in [0, 0.1) is 12.8 Å². The minimum absolute atomic E-state index is 0.645. The molecule has 0 bridgehead atoms. The lowest BCUT2D eigenvalue weighted by atomic mass is 9.83. The summed E-state index contributed by atoms with van der Waals surface area (Å²) in [4.78, 5) is 2.49. The van der Waals surface area contributed by atoms with E-state index in [1.807, 2.05) is 0 Å². The minimum atomic E-state index is 0.645. The second-order valence-electron chi connectivity index (χ2n) is 5.86. The number of halogens is 1. The lowest BCUT2D eigenvalue weighted by molar-refractivity contribution is 0.127. The van der Waals surface area contributed by atoms with Crippen molar-refractivity contribution in [3.05, 3.63) is 33.8 Å². The third kappa shape index (κ3) is 3.80. The highest BCUT2D eigenvalue weighted by molar-refractivity contribution is 9.10. The summed E-state index contributed by atoms with van der Waals surface area (Å²) in [5, 5.41) is 0. The van der Waals surface area contributed by atoms with Crippen molar-refractivity contribution in [3.63, 3.8) is 0 Å². The smallest absolute Gasteiger partial charge is 0.0244 e. The molecule has 1 aliphatic carbocycles. The van der Waals surface area contributed by atoms with Crippen LogP contribution in [0.3, 0.4) is 0 Å². The Bertz CT molecular complexity index is 419. The van der Waals surface area contributed by atoms with Crippen LogP contribution in [0.5, 0.6) is 0 Å². The average molecular weight is 325 g/mol. The van der Waals surface area contributed by atoms with Crippen molar-refractivity contribution in [2.45, 2.75) is 45.2 Å². The molecule has 2 rings (SSSR count). The molecule has 1 fully saturated rings. The van der Waals surface area contributed by atoms with Gasteiger partial charge in [-0.25, -0.2) is 0 Å². The van der Waals surface area contributed by atoms with Crippen molar-refractivity contribution in [2.24, 2.45) is 11.7 Å². The molecule has 1 aromatic rings. The molecule has 0 saturated heterocycles. The van der Waals surface area contributed by atoms with Crippen molar-refractivity contribution < 1.29 is 0 Å². The second kappa shape index (κ2) is 6.87. The van der Waals surface area contributed by atoms with Crippen LogP contribution in [0.4, 0.5) is 0 Å². The van der Waals surface area contributed by atoms with Gasteiger partial charge in [-0.15, -0.1) is 0 Å². The van der Waals surface area contributed by atoms with E-state index in [0.29, 0.717) is 12.0 Å². The molecule has 2 nitrogen and oxygen atoms in total. The molecule has 0 amide bonds. The maximum Gasteiger partial charge on any atom is 0.0244 e. The number of benzene rings is 1. The number of nitrogens with two attached hydrogens (primary N) is 1. The fourth-order valence-corrected chi connectivity index (χ4v) is 3.83. The van der Waals surface area contributed by atoms with E-state index in [0.717, 1.165) is 13.1 Å². The molecule has 106 valence electrons. The van der Waals surface area contributed by atoms with Gasteiger partial charge in [0.2, 0.25) is 0 Å². The first kappa shape index (κ1) is 15.0. The summed E-state index contributed by atoms with van der Waals surface area (Å²) in [5.74, 6) is 0.669. The zero-order valence-corrected chi connectivity index (χ0v) is 13.6. The van der Waals surface area contributed by atoms with Gasteiger partial charge in [-0.1, -0.05) is 40.9 Å². The Kier molecular flexibility index (Phi) is 5.43. The fourth-order valence-electron chi connectivity index (χ4n) is 3.21. The van der Waals surface area contributed by atoms with E-state index in [2.05, 4.69) is 53.0 Å². The lowest BCUT2D eigenvalue weighted by Crippen LogP contribution is -2.42. The number of nitrogens with zero attached hydrogens (tertiary/aromatic N) is 1. The van der Waals surface area contributed by atoms with Gasteiger partial charge in [0.05, 0.1) is 0 Å². The zero-order chi connectivity index (χ0) is 13.8. The van der Waals surface area contributed by atoms with Crippen LogP contribution in [0.15, 0.2) is 22.7 Å². The van der Waals surface area contributed by atoms with Crippen molar-refractivity contribution in [1.82, 2.24) is 4.90 Å². The zero-order valence-electron chi connectivity index (χ0n) is 12.0. The molecule has 0 heterocycles. The fraction of sp³-hybridized carbons (Fsp3) is 0.625. The van der Waals surface area contributed by atoms with Gasteiger partial charge in [-0.05, 0) is 56.5 Å². The van der Waals surface area contributed by atoms with Gasteiger partial charge < -0.3 is 5.73 Å². The standard InChI is InChI=1S/C16H25BrN2/c1-12-7-8-14(15(17)9-12)11-19(2)16-6-4-3-5-13(16)10-18/h7-9,13,16H,3-6,10-11,18H2,1-2H3. The highest BCUT2D eigenvalue weighted by Gasteiger charge is 2.27. The Hall–Kier alpha value is -0.380. The van der Waals surface area contributed by atoms with E-state index in [1.165, 1.54) is 41.3 Å². The molecule has 0 aromatic heterocycles. The number of hydrogen-bond acceptors (Lipinski definition) is 2. The minimum Gasteiger partial charge on any atom is -0.330 e. The summed E-state index contributed by atoms with van der Waals surface area (Å²) in [6, 6.07) is 7.27. The van der Waals surface area contributed by atoms with E-state index >= 15 is 0 Å². The van der Waals surface area contributed by atoms with Crippen LogP contribution in [-0.2, 0) is 6.54 Å². The van der Waals surface area contributed by atoms with Gasteiger partial charge in [0, 0.05) is 17.1 Å². The van der Waals surface area contributed by atoms with E-state index < -0.39 is 0 Å². The predicted molar refractivity (Wildman–Crippen MR) is 85.1 cm³/mol. The molecule has 2 atom stereocenters. The van der Waals surface area contributed by atoms with Crippen LogP contribution in [0.25, 0.3) is 0 Å². The Morgan fingerprint density at radius 1 is 1.32 bits per heavy atom. The first-order valence-electron chi connectivity index (χ1n) is 7.27. The van der Waals surface area contributed by atoms with E-state index in [1.54, 1.807) is 0 Å². The summed E-state index contributed by atoms with van der Waals surface area (Å²) >= 11 is 3.68. The maximum atomic E-state index is 5.94. The van der Waals surface area contributed by atoms with Crippen molar-refractivity contribution in [3.8, 4) is 0 Å². The van der Waals surface area contributed by atoms with Crippen LogP contribution < -0.4 is 5.73 Å². The van der Waals surface area contributed by atoms with Gasteiger partial charge in [0.25, 0.3) is 0 Å². The van der Waals surface area contributed by atoms with Gasteiger partial charge in [-0.2, -0.15) is 0 Å². The summed E-state index contributed by atoms with van der Waals surface area (Å²) in [7, 11) is 2.24. The van der Waals surface area contributed by atoms with E-state index in [9.17, 15) is 0 Å². The highest BCUT2D eigenvalue weighted by atomic mass is 79.9.